The average Bonchev–Trinajstić information content (AvgIpc) is 2.62. The van der Waals surface area contributed by atoms with Gasteiger partial charge >= 0.3 is 5.97 Å². The van der Waals surface area contributed by atoms with Crippen LogP contribution in [-0.4, -0.2) is 16.1 Å². The molecule has 0 atom stereocenters. The van der Waals surface area contributed by atoms with Crippen LogP contribution < -0.4 is 5.73 Å². The van der Waals surface area contributed by atoms with E-state index in [1.54, 1.807) is 6.07 Å². The van der Waals surface area contributed by atoms with E-state index < -0.39 is 5.97 Å². The molecule has 0 aliphatic rings. The number of hydrogen-bond donors (Lipinski definition) is 3. The number of H-pyrrole nitrogens is 1. The predicted molar refractivity (Wildman–Crippen MR) is 57.6 cm³/mol. The number of hydrogen-bond acceptors (Lipinski definition) is 2. The summed E-state index contributed by atoms with van der Waals surface area (Å²) in [5, 5.41) is 8.81. The molecule has 0 spiro atoms. The molecular weight excluding hydrogens is 192 g/mol. The SMILES string of the molecule is Nc1cc(-c2ccccc2)[nH]c1C(=O)O. The highest BCUT2D eigenvalue weighted by Crippen LogP contribution is 2.22. The van der Waals surface area contributed by atoms with E-state index in [1.807, 2.05) is 30.3 Å². The molecule has 4 nitrogen and oxygen atoms in total. The zero-order chi connectivity index (χ0) is 10.8. The summed E-state index contributed by atoms with van der Waals surface area (Å²) < 4.78 is 0. The number of rotatable bonds is 2. The molecule has 0 amide bonds. The Morgan fingerprint density at radius 3 is 2.47 bits per heavy atom. The van der Waals surface area contributed by atoms with Gasteiger partial charge in [0.05, 0.1) is 5.69 Å². The Kier molecular flexibility index (Phi) is 2.17. The summed E-state index contributed by atoms with van der Waals surface area (Å²) in [6, 6.07) is 11.1. The summed E-state index contributed by atoms with van der Waals surface area (Å²) in [6.07, 6.45) is 0. The number of carboxylic acid groups (broad SMARTS) is 1. The van der Waals surface area contributed by atoms with E-state index in [2.05, 4.69) is 4.98 Å². The molecule has 0 saturated heterocycles. The lowest BCUT2D eigenvalue weighted by Crippen LogP contribution is -2.00. The maximum Gasteiger partial charge on any atom is 0.354 e. The molecule has 4 heteroatoms. The van der Waals surface area contributed by atoms with Crippen LogP contribution in [0.1, 0.15) is 10.5 Å². The second-order valence-corrected chi connectivity index (χ2v) is 3.18. The Labute approximate surface area is 86.4 Å². The first-order valence-electron chi connectivity index (χ1n) is 4.45. The van der Waals surface area contributed by atoms with Crippen molar-refractivity contribution in [2.45, 2.75) is 0 Å². The number of nitrogens with two attached hydrogens (primary N) is 1. The van der Waals surface area contributed by atoms with Crippen LogP contribution in [-0.2, 0) is 0 Å². The number of benzene rings is 1. The first-order chi connectivity index (χ1) is 7.18. The van der Waals surface area contributed by atoms with Crippen molar-refractivity contribution in [3.8, 4) is 11.3 Å². The molecule has 1 heterocycles. The van der Waals surface area contributed by atoms with Crippen LogP contribution >= 0.6 is 0 Å². The van der Waals surface area contributed by atoms with Crippen LogP contribution in [0.2, 0.25) is 0 Å². The van der Waals surface area contributed by atoms with Crippen molar-refractivity contribution in [1.29, 1.82) is 0 Å². The quantitative estimate of drug-likeness (QED) is 0.696. The lowest BCUT2D eigenvalue weighted by molar-refractivity contribution is 0.0692. The summed E-state index contributed by atoms with van der Waals surface area (Å²) in [4.78, 5) is 13.5. The predicted octanol–water partition coefficient (Wildman–Crippen LogP) is 1.96. The van der Waals surface area contributed by atoms with Crippen LogP contribution in [0.5, 0.6) is 0 Å². The molecule has 1 aromatic heterocycles. The summed E-state index contributed by atoms with van der Waals surface area (Å²) in [5.74, 6) is -1.05. The number of aromatic amines is 1. The number of aromatic carboxylic acids is 1. The minimum absolute atomic E-state index is 0.0360. The van der Waals surface area contributed by atoms with Crippen molar-refractivity contribution in [1.82, 2.24) is 4.98 Å². The second-order valence-electron chi connectivity index (χ2n) is 3.18. The number of aromatic nitrogens is 1. The maximum atomic E-state index is 10.8. The van der Waals surface area contributed by atoms with Gasteiger partial charge in [-0.15, -0.1) is 0 Å². The van der Waals surface area contributed by atoms with Crippen LogP contribution in [0.25, 0.3) is 11.3 Å². The highest BCUT2D eigenvalue weighted by atomic mass is 16.4. The fourth-order valence-corrected chi connectivity index (χ4v) is 1.42. The lowest BCUT2D eigenvalue weighted by Gasteiger charge is -1.95. The van der Waals surface area contributed by atoms with E-state index in [4.69, 9.17) is 10.8 Å². The van der Waals surface area contributed by atoms with E-state index in [0.717, 1.165) is 5.56 Å². The Morgan fingerprint density at radius 2 is 1.93 bits per heavy atom. The van der Waals surface area contributed by atoms with E-state index >= 15 is 0 Å². The molecule has 0 radical (unpaired) electrons. The summed E-state index contributed by atoms with van der Waals surface area (Å²) in [5.41, 5.74) is 7.48. The molecule has 2 rings (SSSR count). The minimum Gasteiger partial charge on any atom is -0.477 e. The number of carbonyl (C=O) groups is 1. The number of nitrogen functional groups attached to an aromatic ring is 1. The average molecular weight is 202 g/mol. The Balaban J connectivity index is 2.48. The van der Waals surface area contributed by atoms with Crippen molar-refractivity contribution in [2.24, 2.45) is 0 Å². The highest BCUT2D eigenvalue weighted by molar-refractivity contribution is 5.93. The number of anilines is 1. The van der Waals surface area contributed by atoms with Crippen molar-refractivity contribution >= 4 is 11.7 Å². The summed E-state index contributed by atoms with van der Waals surface area (Å²) in [6.45, 7) is 0. The van der Waals surface area contributed by atoms with Crippen molar-refractivity contribution in [2.75, 3.05) is 5.73 Å². The highest BCUT2D eigenvalue weighted by Gasteiger charge is 2.12. The molecule has 0 aliphatic heterocycles. The third-order valence-corrected chi connectivity index (χ3v) is 2.15. The van der Waals surface area contributed by atoms with E-state index in [9.17, 15) is 4.79 Å². The zero-order valence-electron chi connectivity index (χ0n) is 7.90. The molecule has 0 aliphatic carbocycles. The van der Waals surface area contributed by atoms with Gasteiger partial charge in [0.15, 0.2) is 0 Å². The first kappa shape index (κ1) is 9.33. The molecule has 15 heavy (non-hydrogen) atoms. The zero-order valence-corrected chi connectivity index (χ0v) is 7.90. The monoisotopic (exact) mass is 202 g/mol. The van der Waals surface area contributed by atoms with Gasteiger partial charge in [0.1, 0.15) is 5.69 Å². The van der Waals surface area contributed by atoms with Gasteiger partial charge in [0, 0.05) is 5.69 Å². The Morgan fingerprint density at radius 1 is 1.27 bits per heavy atom. The van der Waals surface area contributed by atoms with Crippen LogP contribution in [0.3, 0.4) is 0 Å². The molecular formula is C11H10N2O2. The van der Waals surface area contributed by atoms with E-state index in [-0.39, 0.29) is 11.4 Å². The molecule has 0 unspecified atom stereocenters. The van der Waals surface area contributed by atoms with Gasteiger partial charge in [0.2, 0.25) is 0 Å². The Bertz CT molecular complexity index is 489. The van der Waals surface area contributed by atoms with Crippen LogP contribution in [0, 0.1) is 0 Å². The standard InChI is InChI=1S/C11H10N2O2/c12-8-6-9(13-10(8)11(14)15)7-4-2-1-3-5-7/h1-6,13H,12H2,(H,14,15). The van der Waals surface area contributed by atoms with Crippen molar-refractivity contribution in [3.05, 3.63) is 42.1 Å². The fourth-order valence-electron chi connectivity index (χ4n) is 1.42. The number of nitrogens with one attached hydrogen (secondary N) is 1. The summed E-state index contributed by atoms with van der Waals surface area (Å²) in [7, 11) is 0. The molecule has 0 bridgehead atoms. The van der Waals surface area contributed by atoms with E-state index in [1.165, 1.54) is 0 Å². The molecule has 1 aromatic carbocycles. The third-order valence-electron chi connectivity index (χ3n) is 2.15. The molecule has 76 valence electrons. The summed E-state index contributed by atoms with van der Waals surface area (Å²) >= 11 is 0. The van der Waals surface area contributed by atoms with Crippen molar-refractivity contribution in [3.63, 3.8) is 0 Å². The van der Waals surface area contributed by atoms with Gasteiger partial charge in [-0.3, -0.25) is 0 Å². The van der Waals surface area contributed by atoms with Gasteiger partial charge in [-0.25, -0.2) is 4.79 Å². The largest absolute Gasteiger partial charge is 0.477 e. The van der Waals surface area contributed by atoms with Gasteiger partial charge in [0.25, 0.3) is 0 Å². The van der Waals surface area contributed by atoms with Crippen LogP contribution in [0.4, 0.5) is 5.69 Å². The van der Waals surface area contributed by atoms with Gasteiger partial charge < -0.3 is 15.8 Å². The van der Waals surface area contributed by atoms with Crippen molar-refractivity contribution < 1.29 is 9.90 Å². The van der Waals surface area contributed by atoms with Gasteiger partial charge in [-0.2, -0.15) is 0 Å². The van der Waals surface area contributed by atoms with Gasteiger partial charge in [-0.05, 0) is 11.6 Å². The fraction of sp³-hybridized carbons (Fsp3) is 0. The molecule has 0 fully saturated rings. The normalized spacial score (nSPS) is 10.1. The number of carboxylic acids is 1. The van der Waals surface area contributed by atoms with Crippen LogP contribution in [0.15, 0.2) is 36.4 Å². The van der Waals surface area contributed by atoms with E-state index in [0.29, 0.717) is 5.69 Å². The molecule has 2 aromatic rings. The first-order valence-corrected chi connectivity index (χ1v) is 4.45. The Hall–Kier alpha value is -2.23. The molecule has 0 saturated carbocycles. The third kappa shape index (κ3) is 1.69. The minimum atomic E-state index is -1.05. The molecule has 4 N–H and O–H groups in total. The smallest absolute Gasteiger partial charge is 0.354 e. The lowest BCUT2D eigenvalue weighted by atomic mass is 10.2. The second kappa shape index (κ2) is 3.49. The van der Waals surface area contributed by atoms with Gasteiger partial charge in [-0.1, -0.05) is 30.3 Å². The topological polar surface area (TPSA) is 79.1 Å². The maximum absolute atomic E-state index is 10.8.